The maximum Gasteiger partial charge on any atom is 0.305 e. The molecule has 164 valence electrons. The average Bonchev–Trinajstić information content (AvgIpc) is 2.71. The SMILES string of the molecule is COC(=O)CCCCCCCCC/C=C\CCCCCCCCCC(=O)OC. The van der Waals surface area contributed by atoms with E-state index >= 15 is 0 Å². The summed E-state index contributed by atoms with van der Waals surface area (Å²) >= 11 is 0. The molecule has 0 unspecified atom stereocenters. The average molecular weight is 397 g/mol. The standard InChI is InChI=1S/C24H44O4/c1-27-23(25)21-19-17-15-13-11-9-7-5-3-4-6-8-10-12-14-16-18-20-22-24(26)28-2/h3-4H,5-22H2,1-2H3/b4-3-. The third kappa shape index (κ3) is 21.0. The molecular weight excluding hydrogens is 352 g/mol. The van der Waals surface area contributed by atoms with E-state index in [0.29, 0.717) is 12.8 Å². The third-order valence-corrected chi connectivity index (χ3v) is 5.13. The van der Waals surface area contributed by atoms with E-state index in [9.17, 15) is 9.59 Å². The van der Waals surface area contributed by atoms with Crippen LogP contribution >= 0.6 is 0 Å². The number of carbonyl (C=O) groups is 2. The summed E-state index contributed by atoms with van der Waals surface area (Å²) in [5.41, 5.74) is 0. The van der Waals surface area contributed by atoms with E-state index in [-0.39, 0.29) is 11.9 Å². The fourth-order valence-electron chi connectivity index (χ4n) is 3.27. The second-order valence-electron chi connectivity index (χ2n) is 7.65. The molecule has 0 rings (SSSR count). The molecule has 0 fully saturated rings. The number of hydrogen-bond donors (Lipinski definition) is 0. The molecule has 0 aliphatic rings. The second kappa shape index (κ2) is 22.0. The zero-order valence-electron chi connectivity index (χ0n) is 18.5. The Hall–Kier alpha value is -1.32. The van der Waals surface area contributed by atoms with Crippen LogP contribution in [0.3, 0.4) is 0 Å². The van der Waals surface area contributed by atoms with Crippen LogP contribution < -0.4 is 0 Å². The van der Waals surface area contributed by atoms with Gasteiger partial charge in [-0.3, -0.25) is 9.59 Å². The van der Waals surface area contributed by atoms with E-state index in [1.165, 1.54) is 91.3 Å². The second-order valence-corrected chi connectivity index (χ2v) is 7.65. The van der Waals surface area contributed by atoms with E-state index in [0.717, 1.165) is 25.7 Å². The molecule has 0 radical (unpaired) electrons. The number of carbonyl (C=O) groups excluding carboxylic acids is 2. The molecule has 0 atom stereocenters. The first-order valence-corrected chi connectivity index (χ1v) is 11.5. The van der Waals surface area contributed by atoms with Crippen molar-refractivity contribution in [3.8, 4) is 0 Å². The van der Waals surface area contributed by atoms with Gasteiger partial charge in [0.05, 0.1) is 14.2 Å². The summed E-state index contributed by atoms with van der Waals surface area (Å²) in [6.45, 7) is 0. The molecule has 0 saturated heterocycles. The molecule has 0 saturated carbocycles. The first-order valence-electron chi connectivity index (χ1n) is 11.5. The Morgan fingerprint density at radius 1 is 0.500 bits per heavy atom. The van der Waals surface area contributed by atoms with Crippen molar-refractivity contribution in [3.05, 3.63) is 12.2 Å². The maximum absolute atomic E-state index is 11.0. The number of esters is 2. The molecule has 0 aromatic carbocycles. The molecule has 0 aliphatic heterocycles. The van der Waals surface area contributed by atoms with Crippen molar-refractivity contribution in [2.24, 2.45) is 0 Å². The van der Waals surface area contributed by atoms with Gasteiger partial charge in [-0.05, 0) is 38.5 Å². The fraction of sp³-hybridized carbons (Fsp3) is 0.833. The molecule has 0 spiro atoms. The molecule has 0 bridgehead atoms. The summed E-state index contributed by atoms with van der Waals surface area (Å²) < 4.78 is 9.28. The van der Waals surface area contributed by atoms with Crippen LogP contribution in [0.5, 0.6) is 0 Å². The highest BCUT2D eigenvalue weighted by molar-refractivity contribution is 5.69. The Morgan fingerprint density at radius 2 is 0.786 bits per heavy atom. The molecule has 0 heterocycles. The first kappa shape index (κ1) is 26.7. The van der Waals surface area contributed by atoms with Crippen molar-refractivity contribution in [2.75, 3.05) is 14.2 Å². The van der Waals surface area contributed by atoms with Gasteiger partial charge in [-0.25, -0.2) is 0 Å². The van der Waals surface area contributed by atoms with Gasteiger partial charge in [-0.2, -0.15) is 0 Å². The zero-order chi connectivity index (χ0) is 20.7. The number of allylic oxidation sites excluding steroid dienone is 2. The largest absolute Gasteiger partial charge is 0.469 e. The van der Waals surface area contributed by atoms with Gasteiger partial charge in [-0.1, -0.05) is 76.4 Å². The maximum atomic E-state index is 11.0. The smallest absolute Gasteiger partial charge is 0.305 e. The van der Waals surface area contributed by atoms with Crippen LogP contribution in [0.15, 0.2) is 12.2 Å². The minimum atomic E-state index is -0.0840. The lowest BCUT2D eigenvalue weighted by Crippen LogP contribution is -1.99. The van der Waals surface area contributed by atoms with Crippen LogP contribution in [0.4, 0.5) is 0 Å². The topological polar surface area (TPSA) is 52.6 Å². The van der Waals surface area contributed by atoms with E-state index in [4.69, 9.17) is 0 Å². The lowest BCUT2D eigenvalue weighted by atomic mass is 10.1. The summed E-state index contributed by atoms with van der Waals surface area (Å²) in [5, 5.41) is 0. The summed E-state index contributed by atoms with van der Waals surface area (Å²) in [4.78, 5) is 22.0. The zero-order valence-corrected chi connectivity index (χ0v) is 18.5. The van der Waals surface area contributed by atoms with E-state index < -0.39 is 0 Å². The predicted molar refractivity (Wildman–Crippen MR) is 116 cm³/mol. The van der Waals surface area contributed by atoms with Crippen LogP contribution in [0, 0.1) is 0 Å². The van der Waals surface area contributed by atoms with Crippen molar-refractivity contribution in [2.45, 2.75) is 116 Å². The van der Waals surface area contributed by atoms with Crippen molar-refractivity contribution >= 4 is 11.9 Å². The van der Waals surface area contributed by atoms with E-state index in [2.05, 4.69) is 21.6 Å². The summed E-state index contributed by atoms with van der Waals surface area (Å²) in [5.74, 6) is -0.168. The third-order valence-electron chi connectivity index (χ3n) is 5.13. The van der Waals surface area contributed by atoms with Gasteiger partial charge < -0.3 is 9.47 Å². The highest BCUT2D eigenvalue weighted by Gasteiger charge is 1.99. The Kier molecular flexibility index (Phi) is 20.9. The molecule has 4 nitrogen and oxygen atoms in total. The van der Waals surface area contributed by atoms with Crippen LogP contribution in [-0.4, -0.2) is 26.2 Å². The molecule has 0 amide bonds. The minimum absolute atomic E-state index is 0.0840. The number of ether oxygens (including phenoxy) is 2. The normalized spacial score (nSPS) is 11.1. The van der Waals surface area contributed by atoms with E-state index in [1.54, 1.807) is 0 Å². The number of methoxy groups -OCH3 is 2. The number of rotatable bonds is 20. The predicted octanol–water partition coefficient (Wildman–Crippen LogP) is 6.91. The Bertz CT molecular complexity index is 354. The lowest BCUT2D eigenvalue weighted by molar-refractivity contribution is -0.141. The van der Waals surface area contributed by atoms with Gasteiger partial charge in [0.1, 0.15) is 0 Å². The van der Waals surface area contributed by atoms with Gasteiger partial charge in [0.25, 0.3) is 0 Å². The molecule has 0 N–H and O–H groups in total. The van der Waals surface area contributed by atoms with Crippen LogP contribution in [-0.2, 0) is 19.1 Å². The van der Waals surface area contributed by atoms with Crippen molar-refractivity contribution in [3.63, 3.8) is 0 Å². The quantitative estimate of drug-likeness (QED) is 0.127. The van der Waals surface area contributed by atoms with Crippen LogP contribution in [0.2, 0.25) is 0 Å². The lowest BCUT2D eigenvalue weighted by Gasteiger charge is -2.02. The Morgan fingerprint density at radius 3 is 1.11 bits per heavy atom. The van der Waals surface area contributed by atoms with E-state index in [1.807, 2.05) is 0 Å². The molecule has 4 heteroatoms. The van der Waals surface area contributed by atoms with Crippen molar-refractivity contribution in [1.82, 2.24) is 0 Å². The number of hydrogen-bond acceptors (Lipinski definition) is 4. The monoisotopic (exact) mass is 396 g/mol. The van der Waals surface area contributed by atoms with Gasteiger partial charge in [0.2, 0.25) is 0 Å². The highest BCUT2D eigenvalue weighted by Crippen LogP contribution is 2.12. The molecule has 28 heavy (non-hydrogen) atoms. The van der Waals surface area contributed by atoms with Crippen molar-refractivity contribution in [1.29, 1.82) is 0 Å². The summed E-state index contributed by atoms with van der Waals surface area (Å²) in [7, 11) is 2.91. The Labute approximate surface area is 173 Å². The summed E-state index contributed by atoms with van der Waals surface area (Å²) in [6, 6.07) is 0. The molecule has 0 aromatic rings. The van der Waals surface area contributed by atoms with Gasteiger partial charge in [0, 0.05) is 12.8 Å². The fourth-order valence-corrected chi connectivity index (χ4v) is 3.27. The number of unbranched alkanes of at least 4 members (excludes halogenated alkanes) is 14. The van der Waals surface area contributed by atoms with Crippen molar-refractivity contribution < 1.29 is 19.1 Å². The highest BCUT2D eigenvalue weighted by atomic mass is 16.5. The Balaban J connectivity index is 3.14. The minimum Gasteiger partial charge on any atom is -0.469 e. The van der Waals surface area contributed by atoms with Crippen LogP contribution in [0.1, 0.15) is 116 Å². The first-order chi connectivity index (χ1) is 13.7. The van der Waals surface area contributed by atoms with Gasteiger partial charge >= 0.3 is 11.9 Å². The summed E-state index contributed by atoms with van der Waals surface area (Å²) in [6.07, 6.45) is 25.4. The molecule has 0 aromatic heterocycles. The molecule has 0 aliphatic carbocycles. The van der Waals surface area contributed by atoms with Crippen LogP contribution in [0.25, 0.3) is 0 Å². The van der Waals surface area contributed by atoms with Gasteiger partial charge in [-0.15, -0.1) is 0 Å². The van der Waals surface area contributed by atoms with Gasteiger partial charge in [0.15, 0.2) is 0 Å². The molecular formula is C24H44O4.